The largest absolute Gasteiger partial charge is 0.493 e. The van der Waals surface area contributed by atoms with E-state index in [1.54, 1.807) is 0 Å². The number of nitrogens with zero attached hydrogens (tertiary/aromatic N) is 2. The Bertz CT molecular complexity index is 1630. The second-order valence-electron chi connectivity index (χ2n) is 10.9. The van der Waals surface area contributed by atoms with Gasteiger partial charge in [0.05, 0.1) is 5.69 Å². The monoisotopic (exact) mass is 554 g/mol. The minimum Gasteiger partial charge on any atom is -0.493 e. The van der Waals surface area contributed by atoms with Crippen LogP contribution in [0.2, 0.25) is 5.02 Å². The molecule has 1 unspecified atom stereocenters. The molecule has 1 saturated heterocycles. The molecule has 0 bridgehead atoms. The van der Waals surface area contributed by atoms with Crippen LogP contribution < -0.4 is 5.69 Å². The topological polar surface area (TPSA) is 77.0 Å². The first-order valence-electron chi connectivity index (χ1n) is 14.1. The summed E-state index contributed by atoms with van der Waals surface area (Å²) in [5, 5.41) is 12.9. The molecule has 7 heteroatoms. The van der Waals surface area contributed by atoms with Crippen molar-refractivity contribution < 1.29 is 5.11 Å². The number of benzene rings is 3. The molecule has 3 N–H and O–H groups in total. The van der Waals surface area contributed by atoms with Gasteiger partial charge in [-0.25, -0.2) is 4.79 Å². The van der Waals surface area contributed by atoms with Gasteiger partial charge in [0.15, 0.2) is 0 Å². The summed E-state index contributed by atoms with van der Waals surface area (Å²) in [6, 6.07) is 26.7. The van der Waals surface area contributed by atoms with E-state index in [-0.39, 0.29) is 17.5 Å². The van der Waals surface area contributed by atoms with Crippen LogP contribution in [0.25, 0.3) is 10.9 Å². The van der Waals surface area contributed by atoms with Gasteiger partial charge >= 0.3 is 5.69 Å². The van der Waals surface area contributed by atoms with E-state index >= 15 is 0 Å². The molecule has 0 radical (unpaired) electrons. The zero-order valence-corrected chi connectivity index (χ0v) is 23.3. The van der Waals surface area contributed by atoms with Crippen LogP contribution >= 0.6 is 11.6 Å². The van der Waals surface area contributed by atoms with E-state index in [2.05, 4.69) is 51.3 Å². The van der Waals surface area contributed by atoms with Crippen LogP contribution in [-0.4, -0.2) is 44.2 Å². The van der Waals surface area contributed by atoms with Gasteiger partial charge in [-0.15, -0.1) is 0 Å². The van der Waals surface area contributed by atoms with Gasteiger partial charge in [-0.05, 0) is 79.7 Å². The summed E-state index contributed by atoms with van der Waals surface area (Å²) in [5.41, 5.74) is 4.82. The summed E-state index contributed by atoms with van der Waals surface area (Å²) in [5.74, 6) is 0.656. The van der Waals surface area contributed by atoms with Gasteiger partial charge in [-0.3, -0.25) is 4.57 Å². The Morgan fingerprint density at radius 1 is 0.975 bits per heavy atom. The third-order valence-corrected chi connectivity index (χ3v) is 8.68. The van der Waals surface area contributed by atoms with Gasteiger partial charge in [0.2, 0.25) is 5.88 Å². The van der Waals surface area contributed by atoms with E-state index in [1.807, 2.05) is 48.7 Å². The second kappa shape index (κ2) is 11.8. The van der Waals surface area contributed by atoms with Crippen molar-refractivity contribution in [1.82, 2.24) is 19.4 Å². The Morgan fingerprint density at radius 2 is 1.75 bits per heavy atom. The summed E-state index contributed by atoms with van der Waals surface area (Å²) in [4.78, 5) is 21.8. The molecule has 2 aromatic heterocycles. The van der Waals surface area contributed by atoms with Crippen molar-refractivity contribution in [2.45, 2.75) is 44.1 Å². The lowest BCUT2D eigenvalue weighted by atomic mass is 9.89. The summed E-state index contributed by atoms with van der Waals surface area (Å²) in [6.45, 7) is 3.44. The first-order chi connectivity index (χ1) is 19.5. The Hall–Kier alpha value is -3.74. The number of halogens is 1. The number of hydrogen-bond acceptors (Lipinski definition) is 3. The predicted octanol–water partition coefficient (Wildman–Crippen LogP) is 6.66. The molecular formula is C33H35ClN4O2. The van der Waals surface area contributed by atoms with Crippen LogP contribution in [0.5, 0.6) is 5.88 Å². The number of aromatic hydroxyl groups is 1. The fourth-order valence-corrected chi connectivity index (χ4v) is 6.37. The minimum absolute atomic E-state index is 0.00554. The van der Waals surface area contributed by atoms with Crippen LogP contribution in [-0.2, 0) is 13.0 Å². The van der Waals surface area contributed by atoms with Gasteiger partial charge in [0.25, 0.3) is 0 Å². The van der Waals surface area contributed by atoms with Crippen molar-refractivity contribution in [3.05, 3.63) is 123 Å². The third-order valence-electron chi connectivity index (χ3n) is 8.45. The highest BCUT2D eigenvalue weighted by molar-refractivity contribution is 6.30. The summed E-state index contributed by atoms with van der Waals surface area (Å²) in [7, 11) is 0. The first-order valence-corrected chi connectivity index (χ1v) is 14.5. The van der Waals surface area contributed by atoms with Gasteiger partial charge in [0.1, 0.15) is 0 Å². The van der Waals surface area contributed by atoms with Gasteiger partial charge in [-0.1, -0.05) is 72.3 Å². The maximum Gasteiger partial charge on any atom is 0.328 e. The number of aromatic nitrogens is 3. The van der Waals surface area contributed by atoms with Crippen molar-refractivity contribution in [2.75, 3.05) is 19.6 Å². The van der Waals surface area contributed by atoms with Crippen molar-refractivity contribution in [3.8, 4) is 5.88 Å². The molecule has 1 aliphatic heterocycles. The van der Waals surface area contributed by atoms with E-state index in [9.17, 15) is 9.90 Å². The van der Waals surface area contributed by atoms with E-state index in [0.29, 0.717) is 29.6 Å². The quantitative estimate of drug-likeness (QED) is 0.191. The molecule has 0 saturated carbocycles. The number of aromatic amines is 2. The zero-order valence-electron chi connectivity index (χ0n) is 22.5. The molecule has 5 aromatic rings. The molecule has 6 nitrogen and oxygen atoms in total. The standard InChI is InChI=1S/C33H35ClN4O2/c34-28-10-6-9-25(19-28)26(15-18-37-16-13-24(14-17-37)23-7-2-1-3-8-23)22-38-32(39)31(36-33(38)40)20-27-21-35-30-12-5-4-11-29(27)30/h1-12,19,21,24,26,35,39H,13-18,20,22H2,(H,36,40). The lowest BCUT2D eigenvalue weighted by Crippen LogP contribution is -2.34. The second-order valence-corrected chi connectivity index (χ2v) is 11.4. The van der Waals surface area contributed by atoms with E-state index in [0.717, 1.165) is 60.9 Å². The molecule has 0 aliphatic carbocycles. The Kier molecular flexibility index (Phi) is 7.80. The number of para-hydroxylation sites is 1. The van der Waals surface area contributed by atoms with Gasteiger partial charge in [-0.2, -0.15) is 0 Å². The van der Waals surface area contributed by atoms with Crippen LogP contribution in [0.15, 0.2) is 89.9 Å². The van der Waals surface area contributed by atoms with Crippen LogP contribution in [0.3, 0.4) is 0 Å². The Morgan fingerprint density at radius 3 is 2.55 bits per heavy atom. The number of likely N-dealkylation sites (tertiary alicyclic amines) is 1. The number of hydrogen-bond donors (Lipinski definition) is 3. The van der Waals surface area contributed by atoms with Crippen LogP contribution in [0, 0.1) is 0 Å². The van der Waals surface area contributed by atoms with Crippen molar-refractivity contribution in [3.63, 3.8) is 0 Å². The zero-order chi connectivity index (χ0) is 27.5. The smallest absolute Gasteiger partial charge is 0.328 e. The number of rotatable bonds is 9. The third kappa shape index (κ3) is 5.74. The van der Waals surface area contributed by atoms with E-state index < -0.39 is 0 Å². The maximum absolute atomic E-state index is 13.1. The molecule has 1 aliphatic rings. The molecule has 1 atom stereocenters. The number of piperidine rings is 1. The van der Waals surface area contributed by atoms with Crippen molar-refractivity contribution >= 4 is 22.5 Å². The summed E-state index contributed by atoms with van der Waals surface area (Å²) in [6.07, 6.45) is 5.55. The van der Waals surface area contributed by atoms with Gasteiger partial charge in [0, 0.05) is 41.0 Å². The molecule has 1 fully saturated rings. The molecule has 0 spiro atoms. The molecule has 40 heavy (non-hydrogen) atoms. The van der Waals surface area contributed by atoms with Gasteiger partial charge < -0.3 is 20.0 Å². The highest BCUT2D eigenvalue weighted by Gasteiger charge is 2.24. The molecule has 0 amide bonds. The highest BCUT2D eigenvalue weighted by Crippen LogP contribution is 2.31. The van der Waals surface area contributed by atoms with Crippen molar-refractivity contribution in [2.24, 2.45) is 0 Å². The SMILES string of the molecule is O=c1[nH]c(Cc2c[nH]c3ccccc23)c(O)n1CC(CCN1CCC(c2ccccc2)CC1)c1cccc(Cl)c1. The fraction of sp³-hybridized carbons (Fsp3) is 0.303. The average Bonchev–Trinajstić information content (AvgIpc) is 3.51. The fourth-order valence-electron chi connectivity index (χ4n) is 6.17. The van der Waals surface area contributed by atoms with Crippen LogP contribution in [0.4, 0.5) is 0 Å². The summed E-state index contributed by atoms with van der Waals surface area (Å²) < 4.78 is 1.48. The molecule has 3 aromatic carbocycles. The lowest BCUT2D eigenvalue weighted by molar-refractivity contribution is 0.203. The Labute approximate surface area is 239 Å². The van der Waals surface area contributed by atoms with Crippen molar-refractivity contribution in [1.29, 1.82) is 0 Å². The Balaban J connectivity index is 1.17. The molecule has 206 valence electrons. The molecule has 6 rings (SSSR count). The lowest BCUT2D eigenvalue weighted by Gasteiger charge is -2.33. The minimum atomic E-state index is -0.289. The van der Waals surface area contributed by atoms with E-state index in [4.69, 9.17) is 11.6 Å². The molecule has 3 heterocycles. The number of H-pyrrole nitrogens is 2. The van der Waals surface area contributed by atoms with E-state index in [1.165, 1.54) is 10.1 Å². The number of imidazole rings is 1. The average molecular weight is 555 g/mol. The predicted molar refractivity (Wildman–Crippen MR) is 161 cm³/mol. The molecular weight excluding hydrogens is 520 g/mol. The summed E-state index contributed by atoms with van der Waals surface area (Å²) >= 11 is 6.37. The first kappa shape index (κ1) is 26.5. The maximum atomic E-state index is 13.1. The number of fused-ring (bicyclic) bond motifs is 1. The number of nitrogens with one attached hydrogen (secondary N) is 2. The van der Waals surface area contributed by atoms with Crippen LogP contribution in [0.1, 0.15) is 53.5 Å². The normalized spacial score (nSPS) is 15.5. The highest BCUT2D eigenvalue weighted by atomic mass is 35.5.